The molecule has 5 nitrogen and oxygen atoms in total. The van der Waals surface area contributed by atoms with E-state index in [9.17, 15) is 9.59 Å². The van der Waals surface area contributed by atoms with Gasteiger partial charge in [0, 0.05) is 16.7 Å². The zero-order valence-corrected chi connectivity index (χ0v) is 11.1. The minimum Gasteiger partial charge on any atom is -0.465 e. The van der Waals surface area contributed by atoms with Gasteiger partial charge in [0.15, 0.2) is 5.78 Å². The lowest BCUT2D eigenvalue weighted by Crippen LogP contribution is -2.07. The molecule has 2 heterocycles. The topological polar surface area (TPSA) is 79.3 Å². The van der Waals surface area contributed by atoms with Crippen molar-refractivity contribution < 1.29 is 14.7 Å². The Morgan fingerprint density at radius 1 is 1.44 bits per heavy atom. The van der Waals surface area contributed by atoms with E-state index in [0.717, 1.165) is 14.8 Å². The quantitative estimate of drug-likeness (QED) is 0.844. The maximum absolute atomic E-state index is 11.2. The summed E-state index contributed by atoms with van der Waals surface area (Å²) in [4.78, 5) is 27.5. The SMILES string of the molecule is CC(=O)c1ccc(Cc2nc(NC(=O)O)cs2)s1. The zero-order chi connectivity index (χ0) is 13.1. The Kier molecular flexibility index (Phi) is 3.73. The second-order valence-electron chi connectivity index (χ2n) is 3.56. The molecule has 94 valence electrons. The van der Waals surface area contributed by atoms with Crippen molar-refractivity contribution in [1.29, 1.82) is 0 Å². The summed E-state index contributed by atoms with van der Waals surface area (Å²) in [5.41, 5.74) is 0. The number of nitrogens with one attached hydrogen (secondary N) is 1. The summed E-state index contributed by atoms with van der Waals surface area (Å²) in [6.07, 6.45) is -0.508. The highest BCUT2D eigenvalue weighted by Gasteiger charge is 2.08. The number of nitrogens with zero attached hydrogens (tertiary/aromatic N) is 1. The van der Waals surface area contributed by atoms with Crippen molar-refractivity contribution in [2.24, 2.45) is 0 Å². The third kappa shape index (κ3) is 3.14. The van der Waals surface area contributed by atoms with Crippen LogP contribution in [-0.2, 0) is 6.42 Å². The molecule has 1 amide bonds. The van der Waals surface area contributed by atoms with Crippen molar-refractivity contribution in [3.8, 4) is 0 Å². The van der Waals surface area contributed by atoms with Gasteiger partial charge < -0.3 is 5.11 Å². The van der Waals surface area contributed by atoms with Crippen molar-refractivity contribution >= 4 is 40.4 Å². The molecule has 7 heteroatoms. The van der Waals surface area contributed by atoms with Gasteiger partial charge in [-0.05, 0) is 19.1 Å². The van der Waals surface area contributed by atoms with Crippen LogP contribution < -0.4 is 5.32 Å². The molecule has 0 aromatic carbocycles. The van der Waals surface area contributed by atoms with Gasteiger partial charge in [-0.2, -0.15) is 0 Å². The second-order valence-corrected chi connectivity index (χ2v) is 5.67. The summed E-state index contributed by atoms with van der Waals surface area (Å²) < 4.78 is 0. The van der Waals surface area contributed by atoms with E-state index in [1.165, 1.54) is 29.6 Å². The summed E-state index contributed by atoms with van der Waals surface area (Å²) in [7, 11) is 0. The van der Waals surface area contributed by atoms with Crippen molar-refractivity contribution in [3.05, 3.63) is 32.3 Å². The van der Waals surface area contributed by atoms with Crippen molar-refractivity contribution in [1.82, 2.24) is 4.98 Å². The Hall–Kier alpha value is -1.73. The summed E-state index contributed by atoms with van der Waals surface area (Å²) in [5, 5.41) is 13.2. The van der Waals surface area contributed by atoms with Crippen LogP contribution in [0.4, 0.5) is 10.6 Å². The molecule has 0 saturated carbocycles. The molecule has 0 unspecified atom stereocenters. The lowest BCUT2D eigenvalue weighted by Gasteiger charge is -1.93. The number of rotatable bonds is 4. The molecule has 18 heavy (non-hydrogen) atoms. The maximum atomic E-state index is 11.2. The van der Waals surface area contributed by atoms with Gasteiger partial charge in [0.1, 0.15) is 10.8 Å². The fraction of sp³-hybridized carbons (Fsp3) is 0.182. The second kappa shape index (κ2) is 5.28. The molecule has 2 N–H and O–H groups in total. The van der Waals surface area contributed by atoms with Crippen LogP contribution in [0, 0.1) is 0 Å². The van der Waals surface area contributed by atoms with Crippen LogP contribution in [0.2, 0.25) is 0 Å². The van der Waals surface area contributed by atoms with Gasteiger partial charge in [-0.15, -0.1) is 22.7 Å². The molecular formula is C11H10N2O3S2. The van der Waals surface area contributed by atoms with Gasteiger partial charge in [0.05, 0.1) is 4.88 Å². The number of Topliss-reactive ketones (excluding diaryl/α,β-unsaturated/α-hetero) is 1. The van der Waals surface area contributed by atoms with Crippen LogP contribution in [-0.4, -0.2) is 22.0 Å². The standard InChI is InChI=1S/C11H10N2O3S2/c1-6(14)8-3-2-7(18-8)4-10-12-9(5-17-10)13-11(15)16/h2-3,5,13H,4H2,1H3,(H,15,16). The van der Waals surface area contributed by atoms with E-state index >= 15 is 0 Å². The first-order chi connectivity index (χ1) is 8.54. The Morgan fingerprint density at radius 2 is 2.22 bits per heavy atom. The van der Waals surface area contributed by atoms with E-state index in [0.29, 0.717) is 12.2 Å². The Labute approximate surface area is 111 Å². The molecular weight excluding hydrogens is 272 g/mol. The van der Waals surface area contributed by atoms with E-state index in [-0.39, 0.29) is 5.78 Å². The maximum Gasteiger partial charge on any atom is 0.410 e. The predicted octanol–water partition coefficient (Wildman–Crippen LogP) is 3.09. The number of anilines is 1. The van der Waals surface area contributed by atoms with E-state index in [2.05, 4.69) is 10.3 Å². The van der Waals surface area contributed by atoms with Crippen LogP contribution in [0.5, 0.6) is 0 Å². The molecule has 0 aliphatic heterocycles. The number of hydrogen-bond donors (Lipinski definition) is 2. The number of carboxylic acid groups (broad SMARTS) is 1. The van der Waals surface area contributed by atoms with Crippen molar-refractivity contribution in [3.63, 3.8) is 0 Å². The molecule has 0 aliphatic rings. The Balaban J connectivity index is 2.06. The predicted molar refractivity (Wildman–Crippen MR) is 70.9 cm³/mol. The first kappa shape index (κ1) is 12.7. The molecule has 0 bridgehead atoms. The van der Waals surface area contributed by atoms with Gasteiger partial charge in [-0.3, -0.25) is 10.1 Å². The summed E-state index contributed by atoms with van der Waals surface area (Å²) in [5.74, 6) is 0.393. The molecule has 0 atom stereocenters. The molecule has 2 aromatic heterocycles. The van der Waals surface area contributed by atoms with E-state index in [1.54, 1.807) is 11.4 Å². The van der Waals surface area contributed by atoms with Crippen molar-refractivity contribution in [2.75, 3.05) is 5.32 Å². The molecule has 0 radical (unpaired) electrons. The Bertz CT molecular complexity index is 589. The van der Waals surface area contributed by atoms with Crippen LogP contribution in [0.15, 0.2) is 17.5 Å². The van der Waals surface area contributed by atoms with Crippen LogP contribution in [0.1, 0.15) is 26.5 Å². The number of hydrogen-bond acceptors (Lipinski definition) is 5. The summed E-state index contributed by atoms with van der Waals surface area (Å²) in [6, 6.07) is 3.69. The highest BCUT2D eigenvalue weighted by molar-refractivity contribution is 7.14. The third-order valence-corrected chi connectivity index (χ3v) is 4.16. The average molecular weight is 282 g/mol. The average Bonchev–Trinajstić information content (AvgIpc) is 2.88. The molecule has 0 saturated heterocycles. The van der Waals surface area contributed by atoms with E-state index in [1.807, 2.05) is 6.07 Å². The minimum absolute atomic E-state index is 0.0543. The van der Waals surface area contributed by atoms with Gasteiger partial charge in [0.2, 0.25) is 0 Å². The number of carbonyl (C=O) groups is 2. The largest absolute Gasteiger partial charge is 0.465 e. The number of amides is 1. The molecule has 0 spiro atoms. The highest BCUT2D eigenvalue weighted by Crippen LogP contribution is 2.23. The van der Waals surface area contributed by atoms with E-state index < -0.39 is 6.09 Å². The first-order valence-corrected chi connectivity index (χ1v) is 6.78. The monoisotopic (exact) mass is 282 g/mol. The molecule has 0 aliphatic carbocycles. The fourth-order valence-corrected chi connectivity index (χ4v) is 3.12. The minimum atomic E-state index is -1.12. The van der Waals surface area contributed by atoms with Gasteiger partial charge >= 0.3 is 6.09 Å². The van der Waals surface area contributed by atoms with Gasteiger partial charge in [-0.1, -0.05) is 0 Å². The van der Waals surface area contributed by atoms with Crippen LogP contribution in [0.25, 0.3) is 0 Å². The fourth-order valence-electron chi connectivity index (χ4n) is 1.37. The smallest absolute Gasteiger partial charge is 0.410 e. The first-order valence-electron chi connectivity index (χ1n) is 5.08. The number of ketones is 1. The third-order valence-electron chi connectivity index (χ3n) is 2.12. The summed E-state index contributed by atoms with van der Waals surface area (Å²) in [6.45, 7) is 1.54. The normalized spacial score (nSPS) is 10.3. The lowest BCUT2D eigenvalue weighted by atomic mass is 10.3. The number of aromatic nitrogens is 1. The number of thiophene rings is 1. The highest BCUT2D eigenvalue weighted by atomic mass is 32.1. The zero-order valence-electron chi connectivity index (χ0n) is 9.47. The molecule has 2 rings (SSSR count). The van der Waals surface area contributed by atoms with E-state index in [4.69, 9.17) is 5.11 Å². The number of thiazole rings is 1. The molecule has 2 aromatic rings. The lowest BCUT2D eigenvalue weighted by molar-refractivity contribution is 0.102. The van der Waals surface area contributed by atoms with Gasteiger partial charge in [-0.25, -0.2) is 9.78 Å². The molecule has 0 fully saturated rings. The van der Waals surface area contributed by atoms with Crippen LogP contribution in [0.3, 0.4) is 0 Å². The van der Waals surface area contributed by atoms with Crippen LogP contribution >= 0.6 is 22.7 Å². The number of carbonyl (C=O) groups excluding carboxylic acids is 1. The van der Waals surface area contributed by atoms with Crippen molar-refractivity contribution in [2.45, 2.75) is 13.3 Å². The summed E-state index contributed by atoms with van der Waals surface area (Å²) >= 11 is 2.83. The van der Waals surface area contributed by atoms with Gasteiger partial charge in [0.25, 0.3) is 0 Å². The Morgan fingerprint density at radius 3 is 2.83 bits per heavy atom.